The fourth-order valence-electron chi connectivity index (χ4n) is 10.7. The summed E-state index contributed by atoms with van der Waals surface area (Å²) in [4.78, 5) is 0. The zero-order valence-corrected chi connectivity index (χ0v) is 35.3. The number of fused-ring (bicyclic) bond motifs is 8. The Bertz CT molecular complexity index is 3180. The van der Waals surface area contributed by atoms with Crippen LogP contribution in [0.25, 0.3) is 98.4 Å². The van der Waals surface area contributed by atoms with Gasteiger partial charge in [-0.15, -0.1) is 0 Å². The van der Waals surface area contributed by atoms with E-state index in [0.717, 1.165) is 0 Å². The molecule has 4 aromatic heterocycles. The minimum absolute atomic E-state index is 1.18. The minimum atomic E-state index is 1.18. The number of hydrogen-bond acceptors (Lipinski definition) is 0. The molecule has 62 heavy (non-hydrogen) atoms. The first kappa shape index (κ1) is 36.1. The largest absolute Gasteiger partial charge is 0.213 e. The van der Waals surface area contributed by atoms with Crippen LogP contribution in [-0.4, -0.2) is 0 Å². The van der Waals surface area contributed by atoms with E-state index in [1.807, 2.05) is 0 Å². The first-order chi connectivity index (χ1) is 30.5. The van der Waals surface area contributed by atoms with E-state index < -0.39 is 0 Å². The third-order valence-electron chi connectivity index (χ3n) is 13.5. The molecule has 0 unspecified atom stereocenters. The summed E-state index contributed by atoms with van der Waals surface area (Å²) < 4.78 is 9.47. The summed E-state index contributed by atoms with van der Waals surface area (Å²) in [6, 6.07) is 72.0. The lowest BCUT2D eigenvalue weighted by molar-refractivity contribution is -0.617. The molecule has 0 aliphatic heterocycles. The molecular weight excluding hydrogens is 753 g/mol. The van der Waals surface area contributed by atoms with Crippen molar-refractivity contribution in [3.05, 3.63) is 216 Å². The quantitative estimate of drug-likeness (QED) is 0.125. The Morgan fingerprint density at radius 2 is 0.339 bits per heavy atom. The monoisotopic (exact) mass is 796 g/mol. The molecule has 12 rings (SSSR count). The van der Waals surface area contributed by atoms with E-state index in [0.29, 0.717) is 0 Å². The maximum atomic E-state index is 2.37. The molecule has 12 aromatic rings. The van der Waals surface area contributed by atoms with Gasteiger partial charge in [0.1, 0.15) is 28.2 Å². The summed E-state index contributed by atoms with van der Waals surface area (Å²) in [6.45, 7) is 0. The van der Waals surface area contributed by atoms with Gasteiger partial charge >= 0.3 is 0 Å². The molecule has 4 nitrogen and oxygen atoms in total. The highest BCUT2D eigenvalue weighted by Crippen LogP contribution is 2.50. The van der Waals surface area contributed by atoms with Gasteiger partial charge in [-0.3, -0.25) is 0 Å². The number of pyridine rings is 4. The van der Waals surface area contributed by atoms with E-state index in [-0.39, 0.29) is 0 Å². The van der Waals surface area contributed by atoms with Crippen molar-refractivity contribution in [3.63, 3.8) is 0 Å². The first-order valence-corrected chi connectivity index (χ1v) is 21.4. The molecule has 8 aromatic carbocycles. The van der Waals surface area contributed by atoms with Crippen molar-refractivity contribution in [1.82, 2.24) is 0 Å². The van der Waals surface area contributed by atoms with Gasteiger partial charge in [0, 0.05) is 81.9 Å². The van der Waals surface area contributed by atoms with Gasteiger partial charge in [-0.2, -0.15) is 18.3 Å². The van der Waals surface area contributed by atoms with Crippen LogP contribution in [0.15, 0.2) is 194 Å². The Kier molecular flexibility index (Phi) is 8.07. The van der Waals surface area contributed by atoms with Crippen LogP contribution in [0.4, 0.5) is 0 Å². The topological polar surface area (TPSA) is 15.5 Å². The summed E-state index contributed by atoms with van der Waals surface area (Å²) in [5.41, 5.74) is 16.7. The summed E-state index contributed by atoms with van der Waals surface area (Å²) >= 11 is 0. The van der Waals surface area contributed by atoms with E-state index in [9.17, 15) is 0 Å². The highest BCUT2D eigenvalue weighted by Gasteiger charge is 2.34. The van der Waals surface area contributed by atoms with Crippen molar-refractivity contribution in [2.75, 3.05) is 0 Å². The average Bonchev–Trinajstić information content (AvgIpc) is 3.33. The molecule has 0 saturated heterocycles. The Morgan fingerprint density at radius 1 is 0.210 bits per heavy atom. The second-order valence-electron chi connectivity index (χ2n) is 16.6. The van der Waals surface area contributed by atoms with E-state index >= 15 is 0 Å². The van der Waals surface area contributed by atoms with Crippen molar-refractivity contribution in [3.8, 4) is 0 Å². The van der Waals surface area contributed by atoms with Crippen LogP contribution in [0.1, 0.15) is 22.3 Å². The van der Waals surface area contributed by atoms with E-state index in [1.54, 1.807) is 0 Å². The predicted octanol–water partition coefficient (Wildman–Crippen LogP) is 11.2. The lowest BCUT2D eigenvalue weighted by atomic mass is 9.77. The van der Waals surface area contributed by atoms with Gasteiger partial charge in [-0.1, -0.05) is 97.1 Å². The molecule has 0 radical (unpaired) electrons. The average molecular weight is 797 g/mol. The number of benzene rings is 8. The molecule has 4 heterocycles. The van der Waals surface area contributed by atoms with Crippen molar-refractivity contribution in [1.29, 1.82) is 0 Å². The van der Waals surface area contributed by atoms with Crippen LogP contribution in [-0.2, 0) is 28.2 Å². The molecule has 0 aliphatic rings. The third-order valence-corrected chi connectivity index (χ3v) is 13.5. The van der Waals surface area contributed by atoms with Crippen LogP contribution in [0.3, 0.4) is 0 Å². The van der Waals surface area contributed by atoms with E-state index in [4.69, 9.17) is 0 Å². The summed E-state index contributed by atoms with van der Waals surface area (Å²) in [5.74, 6) is 0. The highest BCUT2D eigenvalue weighted by atomic mass is 14.9. The molecular formula is C58H44N4+4. The standard InChI is InChI=1S/C58H44N4/c1-59-45-29-13-5-21-37(45)53(38-22-6-14-30-46(38)59)57(54-39-23-7-15-31-47(39)60(2)48-32-16-8-24-40(48)54)58(55-41-25-9-17-33-49(41)61(3)50-34-18-10-26-42(50)55)56-43-27-11-19-35-51(43)62(4)52-36-20-12-28-44(52)56/h5-36H,1-4H3/q+4. The van der Waals surface area contributed by atoms with Crippen LogP contribution in [0.2, 0.25) is 0 Å². The zero-order chi connectivity index (χ0) is 41.6. The van der Waals surface area contributed by atoms with Crippen LogP contribution in [0, 0.1) is 0 Å². The molecule has 0 spiro atoms. The molecule has 0 aliphatic carbocycles. The fourth-order valence-corrected chi connectivity index (χ4v) is 10.7. The van der Waals surface area contributed by atoms with Crippen molar-refractivity contribution in [2.45, 2.75) is 0 Å². The SMILES string of the molecule is C[n+]1c2ccccc2c(C(=C(c2c3ccccc3[n+](C)c3ccccc23)c2c3ccccc3[n+](C)c3ccccc23)c2c3ccccc3[n+](C)c3ccccc23)c2ccccc21. The number of aryl methyl sites for hydroxylation is 4. The minimum Gasteiger partial charge on any atom is -0.194 e. The fraction of sp³-hybridized carbons (Fsp3) is 0.0690. The molecule has 0 fully saturated rings. The third kappa shape index (κ3) is 5.07. The highest BCUT2D eigenvalue weighted by molar-refractivity contribution is 6.28. The lowest BCUT2D eigenvalue weighted by Gasteiger charge is -2.25. The second-order valence-corrected chi connectivity index (χ2v) is 16.6. The van der Waals surface area contributed by atoms with Crippen LogP contribution in [0.5, 0.6) is 0 Å². The van der Waals surface area contributed by atoms with Crippen LogP contribution >= 0.6 is 0 Å². The normalized spacial score (nSPS) is 11.9. The van der Waals surface area contributed by atoms with E-state index in [2.05, 4.69) is 241 Å². The Balaban J connectivity index is 1.52. The van der Waals surface area contributed by atoms with Gasteiger partial charge in [-0.05, 0) is 48.5 Å². The predicted molar refractivity (Wildman–Crippen MR) is 256 cm³/mol. The lowest BCUT2D eigenvalue weighted by Crippen LogP contribution is -2.32. The van der Waals surface area contributed by atoms with Gasteiger partial charge in [-0.25, -0.2) is 0 Å². The molecule has 0 amide bonds. The van der Waals surface area contributed by atoms with Gasteiger partial charge < -0.3 is 0 Å². The molecule has 0 bridgehead atoms. The summed E-state index contributed by atoms with van der Waals surface area (Å²) in [6.07, 6.45) is 0. The van der Waals surface area contributed by atoms with Gasteiger partial charge in [0.05, 0.1) is 43.1 Å². The zero-order valence-electron chi connectivity index (χ0n) is 35.3. The molecule has 292 valence electrons. The smallest absolute Gasteiger partial charge is 0.194 e. The molecule has 0 N–H and O–H groups in total. The van der Waals surface area contributed by atoms with Gasteiger partial charge in [0.2, 0.25) is 44.1 Å². The number of nitrogens with zero attached hydrogens (tertiary/aromatic N) is 4. The van der Waals surface area contributed by atoms with E-state index in [1.165, 1.54) is 121 Å². The number of rotatable bonds is 4. The van der Waals surface area contributed by atoms with Crippen LogP contribution < -0.4 is 18.3 Å². The summed E-state index contributed by atoms with van der Waals surface area (Å²) in [7, 11) is 8.84. The van der Waals surface area contributed by atoms with Crippen molar-refractivity contribution in [2.24, 2.45) is 28.2 Å². The maximum Gasteiger partial charge on any atom is 0.213 e. The molecule has 0 atom stereocenters. The van der Waals surface area contributed by atoms with Crippen molar-refractivity contribution >= 4 is 98.4 Å². The second kappa shape index (κ2) is 13.9. The maximum absolute atomic E-state index is 2.37. The molecule has 4 heteroatoms. The summed E-state index contributed by atoms with van der Waals surface area (Å²) in [5, 5.41) is 9.61. The molecule has 0 saturated carbocycles. The number of para-hydroxylation sites is 8. The van der Waals surface area contributed by atoms with Gasteiger partial charge in [0.25, 0.3) is 0 Å². The number of aromatic nitrogens is 4. The Hall–Kier alpha value is -7.82. The van der Waals surface area contributed by atoms with Crippen molar-refractivity contribution < 1.29 is 18.3 Å². The Morgan fingerprint density at radius 3 is 0.484 bits per heavy atom. The Labute approximate surface area is 359 Å². The number of hydrogen-bond donors (Lipinski definition) is 0. The first-order valence-electron chi connectivity index (χ1n) is 21.4. The van der Waals surface area contributed by atoms with Gasteiger partial charge in [0.15, 0.2) is 0 Å².